The van der Waals surface area contributed by atoms with Crippen LogP contribution < -0.4 is 11.1 Å². The van der Waals surface area contributed by atoms with E-state index in [9.17, 15) is 4.79 Å². The molecule has 0 spiro atoms. The van der Waals surface area contributed by atoms with Crippen molar-refractivity contribution in [1.82, 2.24) is 10.2 Å². The van der Waals surface area contributed by atoms with Crippen LogP contribution >= 0.6 is 0 Å². The normalized spacial score (nSPS) is 38.5. The molecule has 2 heterocycles. The van der Waals surface area contributed by atoms with Gasteiger partial charge in [-0.15, -0.1) is 0 Å². The second kappa shape index (κ2) is 6.44. The molecule has 4 heteroatoms. The van der Waals surface area contributed by atoms with E-state index in [0.717, 1.165) is 31.7 Å². The molecule has 114 valence electrons. The lowest BCUT2D eigenvalue weighted by molar-refractivity contribution is -0.128. The van der Waals surface area contributed by atoms with Crippen LogP contribution in [0.3, 0.4) is 0 Å². The van der Waals surface area contributed by atoms with E-state index in [2.05, 4.69) is 10.2 Å². The minimum atomic E-state index is 0.176. The van der Waals surface area contributed by atoms with Gasteiger partial charge in [-0.3, -0.25) is 4.79 Å². The number of nitrogens with two attached hydrogens (primary N) is 1. The average Bonchev–Trinajstić information content (AvgIpc) is 2.94. The molecule has 3 fully saturated rings. The van der Waals surface area contributed by atoms with Crippen molar-refractivity contribution in [1.29, 1.82) is 0 Å². The Hall–Kier alpha value is -0.610. The van der Waals surface area contributed by atoms with Crippen LogP contribution in [0.25, 0.3) is 0 Å². The standard InChI is InChI=1S/C16H29N3O/c17-11-12-4-1-2-6-15(12)16(20)18-13-7-9-19-8-3-5-14(19)10-13/h12-15H,1-11,17H2,(H,18,20). The van der Waals surface area contributed by atoms with Gasteiger partial charge >= 0.3 is 0 Å². The summed E-state index contributed by atoms with van der Waals surface area (Å²) in [6, 6.07) is 1.13. The summed E-state index contributed by atoms with van der Waals surface area (Å²) < 4.78 is 0. The molecule has 0 radical (unpaired) electrons. The monoisotopic (exact) mass is 279 g/mol. The first-order valence-electron chi connectivity index (χ1n) is 8.52. The van der Waals surface area contributed by atoms with Crippen LogP contribution in [0, 0.1) is 11.8 Å². The Morgan fingerprint density at radius 2 is 1.95 bits per heavy atom. The SMILES string of the molecule is NCC1CCCCC1C(=O)NC1CCN2CCCC2C1. The molecular weight excluding hydrogens is 250 g/mol. The third kappa shape index (κ3) is 3.01. The molecule has 0 aromatic carbocycles. The van der Waals surface area contributed by atoms with Crippen LogP contribution in [0.4, 0.5) is 0 Å². The lowest BCUT2D eigenvalue weighted by Gasteiger charge is -2.37. The summed E-state index contributed by atoms with van der Waals surface area (Å²) in [5, 5.41) is 3.34. The molecule has 1 saturated carbocycles. The smallest absolute Gasteiger partial charge is 0.223 e. The summed E-state index contributed by atoms with van der Waals surface area (Å²) in [6.45, 7) is 3.10. The number of nitrogens with one attached hydrogen (secondary N) is 1. The second-order valence-corrected chi connectivity index (χ2v) is 6.95. The van der Waals surface area contributed by atoms with Gasteiger partial charge in [0.2, 0.25) is 5.91 Å². The predicted octanol–water partition coefficient (Wildman–Crippen LogP) is 1.49. The Morgan fingerprint density at radius 1 is 1.10 bits per heavy atom. The van der Waals surface area contributed by atoms with Gasteiger partial charge in [0.1, 0.15) is 0 Å². The molecule has 1 aliphatic carbocycles. The highest BCUT2D eigenvalue weighted by Gasteiger charge is 2.35. The van der Waals surface area contributed by atoms with E-state index in [1.54, 1.807) is 0 Å². The van der Waals surface area contributed by atoms with Crippen molar-refractivity contribution in [2.45, 2.75) is 63.5 Å². The summed E-state index contributed by atoms with van der Waals surface area (Å²) in [4.78, 5) is 15.2. The quantitative estimate of drug-likeness (QED) is 0.823. The summed E-state index contributed by atoms with van der Waals surface area (Å²) in [7, 11) is 0. The number of nitrogens with zero attached hydrogens (tertiary/aromatic N) is 1. The lowest BCUT2D eigenvalue weighted by Crippen LogP contribution is -2.50. The van der Waals surface area contributed by atoms with Crippen LogP contribution in [-0.4, -0.2) is 42.5 Å². The maximum atomic E-state index is 12.5. The van der Waals surface area contributed by atoms with Crippen molar-refractivity contribution in [3.8, 4) is 0 Å². The number of hydrogen-bond acceptors (Lipinski definition) is 3. The third-order valence-corrected chi connectivity index (χ3v) is 5.72. The number of piperidine rings is 1. The van der Waals surface area contributed by atoms with Crippen LogP contribution in [0.5, 0.6) is 0 Å². The first-order valence-corrected chi connectivity index (χ1v) is 8.52. The zero-order valence-electron chi connectivity index (χ0n) is 12.5. The fraction of sp³-hybridized carbons (Fsp3) is 0.938. The molecule has 1 amide bonds. The molecule has 2 aliphatic heterocycles. The van der Waals surface area contributed by atoms with Gasteiger partial charge in [-0.05, 0) is 57.5 Å². The van der Waals surface area contributed by atoms with Crippen LogP contribution in [0.2, 0.25) is 0 Å². The van der Waals surface area contributed by atoms with Crippen molar-refractivity contribution >= 4 is 5.91 Å². The molecule has 20 heavy (non-hydrogen) atoms. The van der Waals surface area contributed by atoms with Gasteiger partial charge in [-0.2, -0.15) is 0 Å². The number of fused-ring (bicyclic) bond motifs is 1. The van der Waals surface area contributed by atoms with Gasteiger partial charge in [0.15, 0.2) is 0 Å². The topological polar surface area (TPSA) is 58.4 Å². The number of amides is 1. The third-order valence-electron chi connectivity index (χ3n) is 5.72. The summed E-state index contributed by atoms with van der Waals surface area (Å²) >= 11 is 0. The molecule has 0 bridgehead atoms. The number of hydrogen-bond donors (Lipinski definition) is 2. The Morgan fingerprint density at radius 3 is 2.80 bits per heavy atom. The maximum Gasteiger partial charge on any atom is 0.223 e. The molecule has 4 unspecified atom stereocenters. The fourth-order valence-electron chi connectivity index (χ4n) is 4.50. The van der Waals surface area contributed by atoms with Crippen LogP contribution in [0.1, 0.15) is 51.4 Å². The highest BCUT2D eigenvalue weighted by Crippen LogP contribution is 2.31. The minimum Gasteiger partial charge on any atom is -0.353 e. The molecule has 3 N–H and O–H groups in total. The summed E-state index contributed by atoms with van der Waals surface area (Å²) in [5.41, 5.74) is 5.85. The van der Waals surface area contributed by atoms with Gasteiger partial charge in [-0.25, -0.2) is 0 Å². The van der Waals surface area contributed by atoms with Crippen molar-refractivity contribution < 1.29 is 4.79 Å². The molecule has 2 saturated heterocycles. The Kier molecular flexibility index (Phi) is 4.61. The molecule has 4 nitrogen and oxygen atoms in total. The van der Waals surface area contributed by atoms with E-state index < -0.39 is 0 Å². The molecule has 0 aromatic heterocycles. The van der Waals surface area contributed by atoms with Crippen molar-refractivity contribution in [3.63, 3.8) is 0 Å². The number of carbonyl (C=O) groups excluding carboxylic acids is 1. The van der Waals surface area contributed by atoms with Gasteiger partial charge in [0.25, 0.3) is 0 Å². The van der Waals surface area contributed by atoms with E-state index in [4.69, 9.17) is 5.73 Å². The Labute approximate surface area is 122 Å². The second-order valence-electron chi connectivity index (χ2n) is 6.95. The summed E-state index contributed by atoms with van der Waals surface area (Å²) in [6.07, 6.45) is 9.55. The minimum absolute atomic E-state index is 0.176. The van der Waals surface area contributed by atoms with Crippen molar-refractivity contribution in [2.24, 2.45) is 17.6 Å². The van der Waals surface area contributed by atoms with E-state index in [1.165, 1.54) is 38.8 Å². The molecule has 4 atom stereocenters. The van der Waals surface area contributed by atoms with Gasteiger partial charge in [-0.1, -0.05) is 12.8 Å². The van der Waals surface area contributed by atoms with Gasteiger partial charge < -0.3 is 16.0 Å². The zero-order valence-corrected chi connectivity index (χ0v) is 12.5. The van der Waals surface area contributed by atoms with Crippen LogP contribution in [-0.2, 0) is 4.79 Å². The first-order chi connectivity index (χ1) is 9.78. The largest absolute Gasteiger partial charge is 0.353 e. The zero-order chi connectivity index (χ0) is 13.9. The van der Waals surface area contributed by atoms with E-state index >= 15 is 0 Å². The first kappa shape index (κ1) is 14.3. The predicted molar refractivity (Wildman–Crippen MR) is 80.3 cm³/mol. The van der Waals surface area contributed by atoms with E-state index in [0.29, 0.717) is 18.5 Å². The van der Waals surface area contributed by atoms with E-state index in [1.807, 2.05) is 0 Å². The summed E-state index contributed by atoms with van der Waals surface area (Å²) in [5.74, 6) is 0.877. The Bertz CT molecular complexity index is 347. The molecule has 3 rings (SSSR count). The molecule has 3 aliphatic rings. The fourth-order valence-corrected chi connectivity index (χ4v) is 4.50. The number of carbonyl (C=O) groups is 1. The molecular formula is C16H29N3O. The Balaban J connectivity index is 1.53. The molecule has 0 aromatic rings. The van der Waals surface area contributed by atoms with Gasteiger partial charge in [0.05, 0.1) is 0 Å². The highest BCUT2D eigenvalue weighted by atomic mass is 16.2. The lowest BCUT2D eigenvalue weighted by atomic mass is 9.78. The van der Waals surface area contributed by atoms with Crippen LogP contribution in [0.15, 0.2) is 0 Å². The van der Waals surface area contributed by atoms with E-state index in [-0.39, 0.29) is 11.8 Å². The maximum absolute atomic E-state index is 12.5. The average molecular weight is 279 g/mol. The number of rotatable bonds is 3. The highest BCUT2D eigenvalue weighted by molar-refractivity contribution is 5.79. The van der Waals surface area contributed by atoms with Gasteiger partial charge in [0, 0.05) is 24.5 Å². The van der Waals surface area contributed by atoms with Crippen molar-refractivity contribution in [3.05, 3.63) is 0 Å². The van der Waals surface area contributed by atoms with Crippen molar-refractivity contribution in [2.75, 3.05) is 19.6 Å².